The quantitative estimate of drug-likeness (QED) is 0.707. The molecule has 1 fully saturated rings. The van der Waals surface area contributed by atoms with Gasteiger partial charge in [0.25, 0.3) is 6.43 Å². The van der Waals surface area contributed by atoms with Crippen molar-refractivity contribution in [2.24, 2.45) is 0 Å². The summed E-state index contributed by atoms with van der Waals surface area (Å²) in [5.74, 6) is 0. The molecule has 0 aliphatic carbocycles. The van der Waals surface area contributed by atoms with Crippen LogP contribution in [0.5, 0.6) is 0 Å². The van der Waals surface area contributed by atoms with Gasteiger partial charge in [-0.15, -0.1) is 0 Å². The number of alkyl halides is 2. The summed E-state index contributed by atoms with van der Waals surface area (Å²) < 4.78 is 30.3. The van der Waals surface area contributed by atoms with Crippen LogP contribution in [0, 0.1) is 0 Å². The maximum atomic E-state index is 12.7. The molecular weight excluding hydrogens is 188 g/mol. The zero-order chi connectivity index (χ0) is 11.2. The van der Waals surface area contributed by atoms with E-state index in [-0.39, 0.29) is 6.61 Å². The summed E-state index contributed by atoms with van der Waals surface area (Å²) in [5, 5.41) is 0. The summed E-state index contributed by atoms with van der Waals surface area (Å²) in [6.45, 7) is 4.87. The Morgan fingerprint density at radius 1 is 1.43 bits per heavy atom. The van der Waals surface area contributed by atoms with Gasteiger partial charge in [0, 0.05) is 7.11 Å². The number of likely N-dealkylation sites (tertiary alicyclic amines) is 1. The summed E-state index contributed by atoms with van der Waals surface area (Å²) in [4.78, 5) is 1.71. The van der Waals surface area contributed by atoms with E-state index in [9.17, 15) is 8.78 Å². The molecule has 1 unspecified atom stereocenters. The first-order valence-electron chi connectivity index (χ1n) is 5.12. The van der Waals surface area contributed by atoms with Crippen molar-refractivity contribution in [3.8, 4) is 0 Å². The Labute approximate surface area is 85.2 Å². The zero-order valence-electron chi connectivity index (χ0n) is 9.52. The van der Waals surface area contributed by atoms with E-state index in [4.69, 9.17) is 4.74 Å². The van der Waals surface area contributed by atoms with Crippen LogP contribution in [0.1, 0.15) is 26.7 Å². The summed E-state index contributed by atoms with van der Waals surface area (Å²) in [6.07, 6.45) is -0.941. The van der Waals surface area contributed by atoms with Crippen LogP contribution in [-0.2, 0) is 4.74 Å². The van der Waals surface area contributed by atoms with Gasteiger partial charge in [0.15, 0.2) is 0 Å². The molecule has 0 aromatic heterocycles. The molecule has 14 heavy (non-hydrogen) atoms. The van der Waals surface area contributed by atoms with Crippen molar-refractivity contribution in [1.29, 1.82) is 0 Å². The summed E-state index contributed by atoms with van der Waals surface area (Å²) in [5.41, 5.74) is -1.02. The molecule has 0 spiro atoms. The maximum absolute atomic E-state index is 12.7. The molecule has 4 heteroatoms. The molecule has 0 N–H and O–H groups in total. The molecular formula is C10H21F2NO. The molecule has 1 aliphatic rings. The monoisotopic (exact) mass is 209 g/mol. The Hall–Kier alpha value is -0.220. The number of rotatable bonds is 3. The molecule has 0 aromatic carbocycles. The fourth-order valence-electron chi connectivity index (χ4n) is 1.81. The van der Waals surface area contributed by atoms with Crippen LogP contribution in [0.2, 0.25) is 0 Å². The second-order valence-corrected chi connectivity index (χ2v) is 3.36. The predicted molar refractivity (Wildman–Crippen MR) is 53.8 cm³/mol. The van der Waals surface area contributed by atoms with Crippen LogP contribution in [0.4, 0.5) is 8.78 Å². The summed E-state index contributed by atoms with van der Waals surface area (Å²) in [7, 11) is 3.20. The van der Waals surface area contributed by atoms with E-state index >= 15 is 0 Å². The number of hydrogen-bond acceptors (Lipinski definition) is 2. The Morgan fingerprint density at radius 2 is 2.00 bits per heavy atom. The Morgan fingerprint density at radius 3 is 2.29 bits per heavy atom. The number of nitrogens with zero attached hydrogens (tertiary/aromatic N) is 1. The van der Waals surface area contributed by atoms with E-state index in [1.807, 2.05) is 13.8 Å². The Bertz CT molecular complexity index is 155. The lowest BCUT2D eigenvalue weighted by atomic mass is 9.98. The first-order valence-corrected chi connectivity index (χ1v) is 5.12. The van der Waals surface area contributed by atoms with Crippen molar-refractivity contribution >= 4 is 0 Å². The molecule has 2 nitrogen and oxygen atoms in total. The number of halogens is 2. The fraction of sp³-hybridized carbons (Fsp3) is 1.00. The minimum atomic E-state index is -2.31. The largest absolute Gasteiger partial charge is 0.383 e. The number of likely N-dealkylation sites (N-methyl/N-ethyl adjacent to an activating group) is 1. The molecule has 1 atom stereocenters. The highest BCUT2D eigenvalue weighted by molar-refractivity contribution is 4.96. The van der Waals surface area contributed by atoms with Gasteiger partial charge in [-0.2, -0.15) is 0 Å². The number of ether oxygens (including phenoxy) is 1. The average Bonchev–Trinajstić information content (AvgIpc) is 2.53. The van der Waals surface area contributed by atoms with Crippen molar-refractivity contribution in [1.82, 2.24) is 4.90 Å². The Balaban J connectivity index is 0.000000791. The van der Waals surface area contributed by atoms with E-state index < -0.39 is 12.0 Å². The first kappa shape index (κ1) is 13.8. The third-order valence-corrected chi connectivity index (χ3v) is 2.66. The Kier molecular flexibility index (Phi) is 6.20. The highest BCUT2D eigenvalue weighted by Gasteiger charge is 2.46. The van der Waals surface area contributed by atoms with Crippen LogP contribution >= 0.6 is 0 Å². The zero-order valence-corrected chi connectivity index (χ0v) is 9.52. The highest BCUT2D eigenvalue weighted by Crippen LogP contribution is 2.33. The van der Waals surface area contributed by atoms with Crippen molar-refractivity contribution in [2.45, 2.75) is 38.7 Å². The molecule has 1 heterocycles. The van der Waals surface area contributed by atoms with Crippen LogP contribution in [0.15, 0.2) is 0 Å². The molecule has 1 saturated heterocycles. The van der Waals surface area contributed by atoms with Crippen LogP contribution in [0.3, 0.4) is 0 Å². The van der Waals surface area contributed by atoms with E-state index in [0.29, 0.717) is 6.42 Å². The fourth-order valence-corrected chi connectivity index (χ4v) is 1.81. The number of hydrogen-bond donors (Lipinski definition) is 0. The first-order chi connectivity index (χ1) is 6.63. The van der Waals surface area contributed by atoms with E-state index in [2.05, 4.69) is 0 Å². The van der Waals surface area contributed by atoms with Gasteiger partial charge in [-0.25, -0.2) is 8.78 Å². The van der Waals surface area contributed by atoms with Gasteiger partial charge in [-0.1, -0.05) is 13.8 Å². The molecule has 0 bridgehead atoms. The third-order valence-electron chi connectivity index (χ3n) is 2.66. The topological polar surface area (TPSA) is 12.5 Å². The van der Waals surface area contributed by atoms with Gasteiger partial charge in [-0.3, -0.25) is 4.90 Å². The van der Waals surface area contributed by atoms with Gasteiger partial charge in [0.2, 0.25) is 0 Å². The minimum absolute atomic E-state index is 0.126. The lowest BCUT2D eigenvalue weighted by molar-refractivity contribution is -0.0624. The highest BCUT2D eigenvalue weighted by atomic mass is 19.3. The molecule has 86 valence electrons. The summed E-state index contributed by atoms with van der Waals surface area (Å²) >= 11 is 0. The van der Waals surface area contributed by atoms with Gasteiger partial charge < -0.3 is 4.74 Å². The average molecular weight is 209 g/mol. The van der Waals surface area contributed by atoms with Gasteiger partial charge >= 0.3 is 0 Å². The predicted octanol–water partition coefficient (Wildman–Crippen LogP) is 2.39. The molecule has 0 radical (unpaired) electrons. The second-order valence-electron chi connectivity index (χ2n) is 3.36. The van der Waals surface area contributed by atoms with Crippen LogP contribution in [0.25, 0.3) is 0 Å². The molecule has 0 amide bonds. The smallest absolute Gasteiger partial charge is 0.258 e. The standard InChI is InChI=1S/C8H15F2NO.C2H6/c1-11-5-3-4-8(11,6-12-2)7(9)10;1-2/h7H,3-6H2,1-2H3;1-2H3. The lowest BCUT2D eigenvalue weighted by Crippen LogP contribution is -2.51. The van der Waals surface area contributed by atoms with Crippen molar-refractivity contribution in [3.63, 3.8) is 0 Å². The van der Waals surface area contributed by atoms with Gasteiger partial charge in [0.1, 0.15) is 5.54 Å². The molecule has 1 aliphatic heterocycles. The molecule has 0 aromatic rings. The van der Waals surface area contributed by atoms with E-state index in [1.54, 1.807) is 11.9 Å². The lowest BCUT2D eigenvalue weighted by Gasteiger charge is -2.34. The summed E-state index contributed by atoms with van der Waals surface area (Å²) in [6, 6.07) is 0. The number of methoxy groups -OCH3 is 1. The second kappa shape index (κ2) is 6.30. The van der Waals surface area contributed by atoms with Crippen LogP contribution < -0.4 is 0 Å². The minimum Gasteiger partial charge on any atom is -0.383 e. The SMILES string of the molecule is CC.COCC1(C(F)F)CCCN1C. The van der Waals surface area contributed by atoms with E-state index in [0.717, 1.165) is 13.0 Å². The van der Waals surface area contributed by atoms with Gasteiger partial charge in [0.05, 0.1) is 6.61 Å². The normalized spacial score (nSPS) is 27.6. The molecule has 0 saturated carbocycles. The van der Waals surface area contributed by atoms with E-state index in [1.165, 1.54) is 7.11 Å². The van der Waals surface area contributed by atoms with Crippen LogP contribution in [-0.4, -0.2) is 44.2 Å². The molecule has 1 rings (SSSR count). The van der Waals surface area contributed by atoms with Crippen molar-refractivity contribution in [3.05, 3.63) is 0 Å². The third kappa shape index (κ3) is 2.64. The maximum Gasteiger partial charge on any atom is 0.258 e. The van der Waals surface area contributed by atoms with Gasteiger partial charge in [-0.05, 0) is 26.4 Å². The van der Waals surface area contributed by atoms with Crippen molar-refractivity contribution in [2.75, 3.05) is 27.3 Å². The van der Waals surface area contributed by atoms with Crippen molar-refractivity contribution < 1.29 is 13.5 Å².